The molecule has 0 aromatic heterocycles. The average molecular weight is 295 g/mol. The molecule has 0 saturated carbocycles. The topological polar surface area (TPSA) is 17.1 Å². The number of carbonyl (C=O) groups is 1. The summed E-state index contributed by atoms with van der Waals surface area (Å²) in [6.45, 7) is 7.99. The van der Waals surface area contributed by atoms with Gasteiger partial charge in [0.2, 0.25) is 0 Å². The number of rotatable bonds is 16. The van der Waals surface area contributed by atoms with Crippen molar-refractivity contribution in [2.75, 3.05) is 0 Å². The maximum atomic E-state index is 11.8. The zero-order valence-electron chi connectivity index (χ0n) is 14.7. The van der Waals surface area contributed by atoms with E-state index >= 15 is 0 Å². The SMILES string of the molecule is C=CCC(C)C(=O)CCCCCCCCCCCCCC. The molecule has 21 heavy (non-hydrogen) atoms. The van der Waals surface area contributed by atoms with E-state index < -0.39 is 0 Å². The van der Waals surface area contributed by atoms with Gasteiger partial charge in [-0.1, -0.05) is 90.6 Å². The fourth-order valence-electron chi connectivity index (χ4n) is 2.77. The predicted molar refractivity (Wildman–Crippen MR) is 94.7 cm³/mol. The molecular formula is C20H38O. The summed E-state index contributed by atoms with van der Waals surface area (Å²) in [6, 6.07) is 0. The minimum Gasteiger partial charge on any atom is -0.299 e. The van der Waals surface area contributed by atoms with Crippen LogP contribution in [0.5, 0.6) is 0 Å². The quantitative estimate of drug-likeness (QED) is 0.224. The van der Waals surface area contributed by atoms with Gasteiger partial charge in [0.25, 0.3) is 0 Å². The Labute approximate surface area is 133 Å². The summed E-state index contributed by atoms with van der Waals surface area (Å²) in [4.78, 5) is 11.8. The normalized spacial score (nSPS) is 12.3. The van der Waals surface area contributed by atoms with Gasteiger partial charge >= 0.3 is 0 Å². The molecule has 0 aliphatic rings. The first-order valence-corrected chi connectivity index (χ1v) is 9.36. The zero-order chi connectivity index (χ0) is 15.8. The van der Waals surface area contributed by atoms with Crippen molar-refractivity contribution < 1.29 is 4.79 Å². The van der Waals surface area contributed by atoms with E-state index in [4.69, 9.17) is 0 Å². The second-order valence-corrected chi connectivity index (χ2v) is 6.53. The van der Waals surface area contributed by atoms with Crippen LogP contribution in [0.4, 0.5) is 0 Å². The van der Waals surface area contributed by atoms with E-state index in [1.807, 2.05) is 13.0 Å². The highest BCUT2D eigenvalue weighted by molar-refractivity contribution is 5.80. The molecule has 0 heterocycles. The van der Waals surface area contributed by atoms with Gasteiger partial charge in [0.05, 0.1) is 0 Å². The number of unbranched alkanes of at least 4 members (excludes halogenated alkanes) is 11. The molecule has 1 unspecified atom stereocenters. The van der Waals surface area contributed by atoms with Crippen LogP contribution >= 0.6 is 0 Å². The first-order valence-electron chi connectivity index (χ1n) is 9.36. The van der Waals surface area contributed by atoms with E-state index in [1.165, 1.54) is 70.6 Å². The van der Waals surface area contributed by atoms with Crippen LogP contribution in [-0.2, 0) is 4.79 Å². The Morgan fingerprint density at radius 2 is 1.29 bits per heavy atom. The van der Waals surface area contributed by atoms with Crippen molar-refractivity contribution in [3.8, 4) is 0 Å². The van der Waals surface area contributed by atoms with Gasteiger partial charge in [0.1, 0.15) is 5.78 Å². The number of hydrogen-bond donors (Lipinski definition) is 0. The summed E-state index contributed by atoms with van der Waals surface area (Å²) in [5.74, 6) is 0.595. The van der Waals surface area contributed by atoms with Crippen LogP contribution in [0.15, 0.2) is 12.7 Å². The Hall–Kier alpha value is -0.590. The number of ketones is 1. The summed E-state index contributed by atoms with van der Waals surface area (Å²) in [5, 5.41) is 0. The summed E-state index contributed by atoms with van der Waals surface area (Å²) in [5.41, 5.74) is 0. The Morgan fingerprint density at radius 3 is 1.71 bits per heavy atom. The molecule has 1 nitrogen and oxygen atoms in total. The lowest BCUT2D eigenvalue weighted by Crippen LogP contribution is -2.09. The van der Waals surface area contributed by atoms with Gasteiger partial charge in [0, 0.05) is 12.3 Å². The van der Waals surface area contributed by atoms with Crippen molar-refractivity contribution in [2.24, 2.45) is 5.92 Å². The fourth-order valence-corrected chi connectivity index (χ4v) is 2.77. The lowest BCUT2D eigenvalue weighted by Gasteiger charge is -2.07. The third-order valence-corrected chi connectivity index (χ3v) is 4.35. The number of carbonyl (C=O) groups excluding carboxylic acids is 1. The standard InChI is InChI=1S/C20H38O/c1-4-6-7-8-9-10-11-12-13-14-15-16-18-20(21)19(3)17-5-2/h5,19H,2,4,6-18H2,1,3H3. The van der Waals surface area contributed by atoms with Crippen LogP contribution in [0.25, 0.3) is 0 Å². The van der Waals surface area contributed by atoms with Gasteiger partial charge in [-0.3, -0.25) is 4.79 Å². The zero-order valence-corrected chi connectivity index (χ0v) is 14.7. The van der Waals surface area contributed by atoms with Gasteiger partial charge in [-0.2, -0.15) is 0 Å². The molecule has 0 spiro atoms. The highest BCUT2D eigenvalue weighted by atomic mass is 16.1. The molecule has 1 atom stereocenters. The number of Topliss-reactive ketones (excluding diaryl/α,β-unsaturated/α-hetero) is 1. The fraction of sp³-hybridized carbons (Fsp3) is 0.850. The second kappa shape index (κ2) is 15.8. The van der Waals surface area contributed by atoms with Crippen LogP contribution < -0.4 is 0 Å². The Bertz CT molecular complexity index is 244. The van der Waals surface area contributed by atoms with Gasteiger partial charge in [0.15, 0.2) is 0 Å². The third kappa shape index (κ3) is 14.1. The first kappa shape index (κ1) is 20.4. The van der Waals surface area contributed by atoms with Gasteiger partial charge in [-0.15, -0.1) is 6.58 Å². The van der Waals surface area contributed by atoms with Crippen molar-refractivity contribution in [3.63, 3.8) is 0 Å². The van der Waals surface area contributed by atoms with E-state index in [1.54, 1.807) is 0 Å². The monoisotopic (exact) mass is 294 g/mol. The molecule has 0 saturated heterocycles. The highest BCUT2D eigenvalue weighted by Crippen LogP contribution is 2.14. The highest BCUT2D eigenvalue weighted by Gasteiger charge is 2.09. The van der Waals surface area contributed by atoms with Crippen LogP contribution in [0.2, 0.25) is 0 Å². The van der Waals surface area contributed by atoms with Crippen LogP contribution in [0.3, 0.4) is 0 Å². The smallest absolute Gasteiger partial charge is 0.136 e. The Balaban J connectivity index is 3.18. The van der Waals surface area contributed by atoms with Gasteiger partial charge < -0.3 is 0 Å². The van der Waals surface area contributed by atoms with E-state index in [-0.39, 0.29) is 5.92 Å². The molecule has 0 bridgehead atoms. The Kier molecular flexibility index (Phi) is 15.3. The molecule has 0 aromatic carbocycles. The third-order valence-electron chi connectivity index (χ3n) is 4.35. The molecule has 0 amide bonds. The molecule has 0 rings (SSSR count). The minimum atomic E-state index is 0.176. The summed E-state index contributed by atoms with van der Waals surface area (Å²) < 4.78 is 0. The van der Waals surface area contributed by atoms with Crippen LogP contribution in [-0.4, -0.2) is 5.78 Å². The van der Waals surface area contributed by atoms with Crippen LogP contribution in [0, 0.1) is 5.92 Å². The van der Waals surface area contributed by atoms with Crippen molar-refractivity contribution in [3.05, 3.63) is 12.7 Å². The molecule has 0 aromatic rings. The van der Waals surface area contributed by atoms with E-state index in [9.17, 15) is 4.79 Å². The van der Waals surface area contributed by atoms with E-state index in [2.05, 4.69) is 13.5 Å². The van der Waals surface area contributed by atoms with Crippen molar-refractivity contribution in [1.82, 2.24) is 0 Å². The molecule has 0 radical (unpaired) electrons. The van der Waals surface area contributed by atoms with E-state index in [0.29, 0.717) is 5.78 Å². The molecule has 0 aliphatic carbocycles. The van der Waals surface area contributed by atoms with Crippen molar-refractivity contribution in [1.29, 1.82) is 0 Å². The summed E-state index contributed by atoms with van der Waals surface area (Å²) in [6.07, 6.45) is 19.7. The molecule has 1 heteroatoms. The van der Waals surface area contributed by atoms with Crippen molar-refractivity contribution in [2.45, 2.75) is 104 Å². The largest absolute Gasteiger partial charge is 0.299 e. The molecule has 0 N–H and O–H groups in total. The molecule has 124 valence electrons. The summed E-state index contributed by atoms with van der Waals surface area (Å²) >= 11 is 0. The second-order valence-electron chi connectivity index (χ2n) is 6.53. The maximum absolute atomic E-state index is 11.8. The van der Waals surface area contributed by atoms with E-state index in [0.717, 1.165) is 19.3 Å². The lowest BCUT2D eigenvalue weighted by molar-refractivity contribution is -0.122. The molecule has 0 aliphatic heterocycles. The number of hydrogen-bond acceptors (Lipinski definition) is 1. The Morgan fingerprint density at radius 1 is 0.857 bits per heavy atom. The predicted octanol–water partition coefficient (Wildman–Crippen LogP) is 6.86. The van der Waals surface area contributed by atoms with Crippen LogP contribution in [0.1, 0.15) is 104 Å². The maximum Gasteiger partial charge on any atom is 0.136 e. The average Bonchev–Trinajstić information content (AvgIpc) is 2.48. The summed E-state index contributed by atoms with van der Waals surface area (Å²) in [7, 11) is 0. The molecule has 0 fully saturated rings. The number of allylic oxidation sites excluding steroid dienone is 1. The first-order chi connectivity index (χ1) is 10.2. The van der Waals surface area contributed by atoms with Gasteiger partial charge in [-0.25, -0.2) is 0 Å². The minimum absolute atomic E-state index is 0.176. The van der Waals surface area contributed by atoms with Crippen molar-refractivity contribution >= 4 is 5.78 Å². The van der Waals surface area contributed by atoms with Gasteiger partial charge in [-0.05, 0) is 12.8 Å². The lowest BCUT2D eigenvalue weighted by atomic mass is 9.97. The molecular weight excluding hydrogens is 256 g/mol.